The summed E-state index contributed by atoms with van der Waals surface area (Å²) >= 11 is 0. The Balaban J connectivity index is 2.84. The molecule has 0 radical (unpaired) electrons. The first-order valence-corrected chi connectivity index (χ1v) is 5.50. The average molecular weight is 231 g/mol. The van der Waals surface area contributed by atoms with Crippen molar-refractivity contribution >= 4 is 10.0 Å². The molecule has 0 amide bonds. The highest BCUT2D eigenvalue weighted by atomic mass is 32.2. The summed E-state index contributed by atoms with van der Waals surface area (Å²) in [7, 11) is -5.10. The number of rotatable bonds is 1. The Bertz CT molecular complexity index is 328. The third-order valence-corrected chi connectivity index (χ3v) is 3.77. The number of nitrogens with zero attached hydrogens (tertiary/aromatic N) is 1. The second-order valence-electron chi connectivity index (χ2n) is 4.40. The van der Waals surface area contributed by atoms with Crippen molar-refractivity contribution in [2.45, 2.75) is 32.3 Å². The second kappa shape index (κ2) is 2.85. The van der Waals surface area contributed by atoms with E-state index in [0.29, 0.717) is 4.31 Å². The molecule has 1 rings (SSSR count). The molecule has 0 aliphatic carbocycles. The fourth-order valence-corrected chi connectivity index (χ4v) is 2.48. The molecule has 2 atom stereocenters. The van der Waals surface area contributed by atoms with Gasteiger partial charge in [0.05, 0.1) is 0 Å². The van der Waals surface area contributed by atoms with E-state index in [-0.39, 0.29) is 6.54 Å². The Labute approximate surface area is 80.9 Å². The third kappa shape index (κ3) is 1.88. The highest BCUT2D eigenvalue weighted by molar-refractivity contribution is 7.90. The van der Waals surface area contributed by atoms with Crippen LogP contribution in [0.15, 0.2) is 0 Å². The molecule has 14 heavy (non-hydrogen) atoms. The third-order valence-electron chi connectivity index (χ3n) is 2.17. The van der Waals surface area contributed by atoms with Gasteiger partial charge in [-0.25, -0.2) is 8.42 Å². The lowest BCUT2D eigenvalue weighted by atomic mass is 9.92. The zero-order valence-corrected chi connectivity index (χ0v) is 8.91. The Hall–Kier alpha value is -0.300. The van der Waals surface area contributed by atoms with E-state index in [9.17, 15) is 21.6 Å². The topological polar surface area (TPSA) is 37.1 Å². The summed E-state index contributed by atoms with van der Waals surface area (Å²) in [5.74, 6) is 0. The second-order valence-corrected chi connectivity index (χ2v) is 6.28. The molecule has 1 aliphatic heterocycles. The summed E-state index contributed by atoms with van der Waals surface area (Å²) in [5.41, 5.74) is -5.62. The van der Waals surface area contributed by atoms with E-state index in [1.165, 1.54) is 0 Å². The zero-order valence-electron chi connectivity index (χ0n) is 8.09. The van der Waals surface area contributed by atoms with Crippen LogP contribution in [0.2, 0.25) is 0 Å². The maximum absolute atomic E-state index is 12.1. The van der Waals surface area contributed by atoms with E-state index >= 15 is 0 Å². The molecule has 0 aromatic carbocycles. The molecule has 0 aromatic heterocycles. The highest BCUT2D eigenvalue weighted by Gasteiger charge is 2.60. The van der Waals surface area contributed by atoms with Gasteiger partial charge in [0.2, 0.25) is 0 Å². The van der Waals surface area contributed by atoms with Crippen LogP contribution in [0, 0.1) is 5.41 Å². The number of alkyl halides is 3. The minimum Gasteiger partial charge on any atom is -0.203 e. The molecule has 1 heterocycles. The van der Waals surface area contributed by atoms with Crippen molar-refractivity contribution in [2.24, 2.45) is 5.41 Å². The average Bonchev–Trinajstić information content (AvgIpc) is 2.57. The van der Waals surface area contributed by atoms with Gasteiger partial charge in [-0.05, 0) is 5.41 Å². The van der Waals surface area contributed by atoms with Crippen LogP contribution in [-0.2, 0) is 10.0 Å². The summed E-state index contributed by atoms with van der Waals surface area (Å²) in [6.07, 6.45) is 0. The smallest absolute Gasteiger partial charge is 0.203 e. The van der Waals surface area contributed by atoms with Gasteiger partial charge in [-0.1, -0.05) is 20.8 Å². The van der Waals surface area contributed by atoms with Gasteiger partial charge in [0, 0.05) is 12.6 Å². The fourth-order valence-electron chi connectivity index (χ4n) is 1.23. The molecule has 1 saturated heterocycles. The van der Waals surface area contributed by atoms with Gasteiger partial charge >= 0.3 is 15.5 Å². The molecule has 0 N–H and O–H groups in total. The molecule has 0 bridgehead atoms. The summed E-state index contributed by atoms with van der Waals surface area (Å²) < 4.78 is 58.4. The van der Waals surface area contributed by atoms with E-state index in [1.807, 2.05) is 0 Å². The molecule has 0 spiro atoms. The minimum absolute atomic E-state index is 0.0364. The lowest BCUT2D eigenvalue weighted by Gasteiger charge is -2.18. The first-order valence-electron chi connectivity index (χ1n) is 4.06. The van der Waals surface area contributed by atoms with Crippen molar-refractivity contribution in [1.29, 1.82) is 0 Å². The first kappa shape index (κ1) is 11.8. The van der Waals surface area contributed by atoms with Gasteiger partial charge in [0.25, 0.3) is 0 Å². The standard InChI is InChI=1S/C7H12F3NO2S/c1-6(2,3)5-4-11(5)14(12,13)7(8,9)10/h5H,4H2,1-3H3/t5-,11?/m1/s1. The molecule has 3 nitrogen and oxygen atoms in total. The largest absolute Gasteiger partial charge is 0.511 e. The van der Waals surface area contributed by atoms with Gasteiger partial charge in [-0.3, -0.25) is 0 Å². The molecule has 0 aromatic rings. The summed E-state index contributed by atoms with van der Waals surface area (Å²) in [6, 6.07) is -0.533. The van der Waals surface area contributed by atoms with E-state index in [1.54, 1.807) is 20.8 Å². The van der Waals surface area contributed by atoms with Crippen molar-refractivity contribution in [3.63, 3.8) is 0 Å². The van der Waals surface area contributed by atoms with E-state index in [4.69, 9.17) is 0 Å². The Morgan fingerprint density at radius 3 is 1.86 bits per heavy atom. The predicted molar refractivity (Wildman–Crippen MR) is 44.9 cm³/mol. The fraction of sp³-hybridized carbons (Fsp3) is 1.00. The van der Waals surface area contributed by atoms with Gasteiger partial charge in [0.15, 0.2) is 0 Å². The van der Waals surface area contributed by atoms with E-state index < -0.39 is 27.0 Å². The number of sulfonamides is 1. The highest BCUT2D eigenvalue weighted by Crippen LogP contribution is 2.42. The normalized spacial score (nSPS) is 29.0. The van der Waals surface area contributed by atoms with Crippen molar-refractivity contribution in [2.75, 3.05) is 6.54 Å². The van der Waals surface area contributed by atoms with Crippen LogP contribution in [0.1, 0.15) is 20.8 Å². The molecule has 1 aliphatic rings. The van der Waals surface area contributed by atoms with Crippen LogP contribution in [-0.4, -0.2) is 30.8 Å². The summed E-state index contributed by atoms with van der Waals surface area (Å²) in [5, 5.41) is 0. The van der Waals surface area contributed by atoms with E-state index in [2.05, 4.69) is 0 Å². The molecular weight excluding hydrogens is 219 g/mol. The summed E-state index contributed by atoms with van der Waals surface area (Å²) in [6.45, 7) is 5.10. The van der Waals surface area contributed by atoms with Gasteiger partial charge < -0.3 is 0 Å². The van der Waals surface area contributed by atoms with Crippen LogP contribution < -0.4 is 0 Å². The molecule has 7 heteroatoms. The van der Waals surface area contributed by atoms with Crippen LogP contribution in [0.25, 0.3) is 0 Å². The maximum atomic E-state index is 12.1. The van der Waals surface area contributed by atoms with Gasteiger partial charge in [0.1, 0.15) is 0 Å². The minimum atomic E-state index is -5.17. The van der Waals surface area contributed by atoms with Crippen LogP contribution >= 0.6 is 0 Å². The van der Waals surface area contributed by atoms with Crippen LogP contribution in [0.4, 0.5) is 13.2 Å². The molecule has 84 valence electrons. The predicted octanol–water partition coefficient (Wildman–Crippen LogP) is 1.57. The first-order chi connectivity index (χ1) is 5.98. The molecule has 0 saturated carbocycles. The molecular formula is C7H12F3NO2S. The van der Waals surface area contributed by atoms with Crippen molar-refractivity contribution in [1.82, 2.24) is 4.31 Å². The van der Waals surface area contributed by atoms with Crippen molar-refractivity contribution < 1.29 is 21.6 Å². The van der Waals surface area contributed by atoms with E-state index in [0.717, 1.165) is 0 Å². The number of hydrogen-bond donors (Lipinski definition) is 0. The lowest BCUT2D eigenvalue weighted by Crippen LogP contribution is -2.33. The molecule has 1 fully saturated rings. The Kier molecular flexibility index (Phi) is 2.40. The number of hydrogen-bond acceptors (Lipinski definition) is 2. The Morgan fingerprint density at radius 1 is 1.21 bits per heavy atom. The Morgan fingerprint density at radius 2 is 1.64 bits per heavy atom. The number of halogens is 3. The SMILES string of the molecule is CC(C)(C)[C@H]1CN1S(=O)(=O)C(F)(F)F. The van der Waals surface area contributed by atoms with Gasteiger partial charge in [-0.15, -0.1) is 0 Å². The van der Waals surface area contributed by atoms with Crippen molar-refractivity contribution in [3.8, 4) is 0 Å². The van der Waals surface area contributed by atoms with Crippen LogP contribution in [0.5, 0.6) is 0 Å². The monoisotopic (exact) mass is 231 g/mol. The van der Waals surface area contributed by atoms with Crippen molar-refractivity contribution in [3.05, 3.63) is 0 Å². The molecule has 1 unspecified atom stereocenters. The maximum Gasteiger partial charge on any atom is 0.511 e. The van der Waals surface area contributed by atoms with Gasteiger partial charge in [-0.2, -0.15) is 17.5 Å². The summed E-state index contributed by atoms with van der Waals surface area (Å²) in [4.78, 5) is 0. The zero-order chi connectivity index (χ0) is 11.4. The lowest BCUT2D eigenvalue weighted by molar-refractivity contribution is -0.0469. The van der Waals surface area contributed by atoms with Crippen LogP contribution in [0.3, 0.4) is 0 Å². The quantitative estimate of drug-likeness (QED) is 0.642.